The number of hydrogen-bond acceptors (Lipinski definition) is 6. The van der Waals surface area contributed by atoms with Gasteiger partial charge in [0.15, 0.2) is 12.4 Å². The number of benzene rings is 2. The highest BCUT2D eigenvalue weighted by molar-refractivity contribution is 7.19. The van der Waals surface area contributed by atoms with Crippen LogP contribution in [0.4, 0.5) is 5.69 Å². The predicted octanol–water partition coefficient (Wildman–Crippen LogP) is 4.73. The van der Waals surface area contributed by atoms with Crippen LogP contribution in [0.5, 0.6) is 5.75 Å². The average molecular weight is 436 g/mol. The van der Waals surface area contributed by atoms with Crippen molar-refractivity contribution < 1.29 is 9.53 Å². The van der Waals surface area contributed by atoms with E-state index < -0.39 is 0 Å². The highest BCUT2D eigenvalue weighted by Crippen LogP contribution is 2.27. The van der Waals surface area contributed by atoms with Gasteiger partial charge in [-0.3, -0.25) is 4.79 Å². The standard InChI is InChI=1S/C23H25N5O2S/c1-5-19-25-26-22-28(19)27-21(31-22)15-6-10-17(11-7-15)24-20(29)14-30-18-12-8-16(9-13-18)23(2,3)4/h6-13H,5,14H2,1-4H3,(H,24,29). The lowest BCUT2D eigenvalue weighted by molar-refractivity contribution is -0.118. The van der Waals surface area contributed by atoms with Gasteiger partial charge in [0.2, 0.25) is 4.96 Å². The third-order valence-electron chi connectivity index (χ3n) is 4.88. The summed E-state index contributed by atoms with van der Waals surface area (Å²) in [5.74, 6) is 1.31. The number of rotatable bonds is 6. The number of amides is 1. The molecule has 4 aromatic rings. The van der Waals surface area contributed by atoms with Crippen LogP contribution >= 0.6 is 11.3 Å². The molecule has 160 valence electrons. The molecule has 0 radical (unpaired) electrons. The summed E-state index contributed by atoms with van der Waals surface area (Å²) >= 11 is 1.49. The zero-order valence-corrected chi connectivity index (χ0v) is 18.9. The van der Waals surface area contributed by atoms with Gasteiger partial charge in [-0.1, -0.05) is 51.2 Å². The van der Waals surface area contributed by atoms with Crippen molar-refractivity contribution in [3.05, 3.63) is 59.9 Å². The van der Waals surface area contributed by atoms with Gasteiger partial charge in [0.25, 0.3) is 5.91 Å². The zero-order valence-electron chi connectivity index (χ0n) is 18.0. The topological polar surface area (TPSA) is 81.4 Å². The van der Waals surface area contributed by atoms with Crippen LogP contribution in [-0.2, 0) is 16.6 Å². The van der Waals surface area contributed by atoms with E-state index in [0.717, 1.165) is 27.8 Å². The van der Waals surface area contributed by atoms with Crippen molar-refractivity contribution in [2.75, 3.05) is 11.9 Å². The van der Waals surface area contributed by atoms with Crippen LogP contribution < -0.4 is 10.1 Å². The van der Waals surface area contributed by atoms with Crippen molar-refractivity contribution in [2.24, 2.45) is 0 Å². The molecule has 1 N–H and O–H groups in total. The molecule has 8 heteroatoms. The molecule has 7 nitrogen and oxygen atoms in total. The molecule has 2 heterocycles. The van der Waals surface area contributed by atoms with Crippen molar-refractivity contribution in [3.63, 3.8) is 0 Å². The van der Waals surface area contributed by atoms with E-state index in [-0.39, 0.29) is 17.9 Å². The Bertz CT molecular complexity index is 1190. The molecule has 0 fully saturated rings. The maximum absolute atomic E-state index is 12.3. The number of aryl methyl sites for hydroxylation is 1. The molecule has 1 amide bonds. The lowest BCUT2D eigenvalue weighted by atomic mass is 9.87. The first-order valence-corrected chi connectivity index (χ1v) is 11.0. The van der Waals surface area contributed by atoms with Crippen LogP contribution in [-0.4, -0.2) is 32.3 Å². The Labute approximate surface area is 185 Å². The molecule has 0 spiro atoms. The van der Waals surface area contributed by atoms with Crippen LogP contribution in [0.15, 0.2) is 48.5 Å². The molecule has 31 heavy (non-hydrogen) atoms. The Morgan fingerprint density at radius 2 is 1.77 bits per heavy atom. The van der Waals surface area contributed by atoms with Crippen molar-refractivity contribution >= 4 is 27.9 Å². The number of aromatic nitrogens is 4. The molecule has 2 aromatic carbocycles. The highest BCUT2D eigenvalue weighted by Gasteiger charge is 2.14. The number of nitrogens with zero attached hydrogens (tertiary/aromatic N) is 4. The van der Waals surface area contributed by atoms with E-state index in [1.807, 2.05) is 55.5 Å². The molecule has 0 atom stereocenters. The van der Waals surface area contributed by atoms with Crippen molar-refractivity contribution in [3.8, 4) is 16.3 Å². The first kappa shape index (κ1) is 21.0. The average Bonchev–Trinajstić information content (AvgIpc) is 3.33. The summed E-state index contributed by atoms with van der Waals surface area (Å²) < 4.78 is 7.39. The number of carbonyl (C=O) groups excluding carboxylic acids is 1. The Kier molecular flexibility index (Phi) is 5.73. The molecule has 0 saturated heterocycles. The third kappa shape index (κ3) is 4.74. The van der Waals surface area contributed by atoms with Gasteiger partial charge in [-0.25, -0.2) is 0 Å². The van der Waals surface area contributed by atoms with Gasteiger partial charge in [-0.2, -0.15) is 9.61 Å². The quantitative estimate of drug-likeness (QED) is 0.473. The fourth-order valence-corrected chi connectivity index (χ4v) is 3.95. The van der Waals surface area contributed by atoms with E-state index in [2.05, 4.69) is 41.4 Å². The van der Waals surface area contributed by atoms with Gasteiger partial charge in [0.1, 0.15) is 10.8 Å². The summed E-state index contributed by atoms with van der Waals surface area (Å²) in [6, 6.07) is 15.4. The molecule has 0 aliphatic carbocycles. The van der Waals surface area contributed by atoms with E-state index in [4.69, 9.17) is 4.74 Å². The fraction of sp³-hybridized carbons (Fsp3) is 0.304. The number of anilines is 1. The largest absolute Gasteiger partial charge is 0.484 e. The van der Waals surface area contributed by atoms with E-state index >= 15 is 0 Å². The van der Waals surface area contributed by atoms with Crippen LogP contribution in [0.1, 0.15) is 39.1 Å². The van der Waals surface area contributed by atoms with Gasteiger partial charge in [-0.05, 0) is 47.4 Å². The number of carbonyl (C=O) groups is 1. The minimum Gasteiger partial charge on any atom is -0.484 e. The number of fused-ring (bicyclic) bond motifs is 1. The maximum Gasteiger partial charge on any atom is 0.262 e. The second kappa shape index (κ2) is 8.47. The van der Waals surface area contributed by atoms with Crippen LogP contribution in [0.3, 0.4) is 0 Å². The third-order valence-corrected chi connectivity index (χ3v) is 5.83. The van der Waals surface area contributed by atoms with E-state index in [0.29, 0.717) is 11.4 Å². The van der Waals surface area contributed by atoms with Crippen molar-refractivity contribution in [1.29, 1.82) is 0 Å². The fourth-order valence-electron chi connectivity index (χ4n) is 3.09. The van der Waals surface area contributed by atoms with Crippen LogP contribution in [0.2, 0.25) is 0 Å². The highest BCUT2D eigenvalue weighted by atomic mass is 32.1. The van der Waals surface area contributed by atoms with Crippen molar-refractivity contribution in [1.82, 2.24) is 19.8 Å². The molecule has 0 saturated carbocycles. The summed E-state index contributed by atoms with van der Waals surface area (Å²) in [4.78, 5) is 13.0. The summed E-state index contributed by atoms with van der Waals surface area (Å²) in [5.41, 5.74) is 2.98. The molecule has 0 bridgehead atoms. The Balaban J connectivity index is 1.35. The molecular formula is C23H25N5O2S. The Morgan fingerprint density at radius 1 is 1.06 bits per heavy atom. The second-order valence-electron chi connectivity index (χ2n) is 8.26. The SMILES string of the molecule is CCc1nnc2sc(-c3ccc(NC(=O)COc4ccc(C(C)(C)C)cc4)cc3)nn12. The first-order valence-electron chi connectivity index (χ1n) is 10.2. The Morgan fingerprint density at radius 3 is 2.42 bits per heavy atom. The summed E-state index contributed by atoms with van der Waals surface area (Å²) in [7, 11) is 0. The monoisotopic (exact) mass is 435 g/mol. The molecular weight excluding hydrogens is 410 g/mol. The number of ether oxygens (including phenoxy) is 1. The molecule has 4 rings (SSSR count). The summed E-state index contributed by atoms with van der Waals surface area (Å²) in [5, 5.41) is 16.6. The molecule has 2 aromatic heterocycles. The van der Waals surface area contributed by atoms with Crippen LogP contribution in [0, 0.1) is 0 Å². The summed E-state index contributed by atoms with van der Waals surface area (Å²) in [6.07, 6.45) is 0.776. The summed E-state index contributed by atoms with van der Waals surface area (Å²) in [6.45, 7) is 8.46. The van der Waals surface area contributed by atoms with Crippen molar-refractivity contribution in [2.45, 2.75) is 39.5 Å². The van der Waals surface area contributed by atoms with Gasteiger partial charge in [0, 0.05) is 17.7 Å². The van der Waals surface area contributed by atoms with E-state index in [1.165, 1.54) is 16.9 Å². The van der Waals surface area contributed by atoms with E-state index in [9.17, 15) is 4.79 Å². The normalized spacial score (nSPS) is 11.6. The minimum atomic E-state index is -0.209. The molecule has 0 aliphatic rings. The van der Waals surface area contributed by atoms with Gasteiger partial charge < -0.3 is 10.1 Å². The zero-order chi connectivity index (χ0) is 22.0. The first-order chi connectivity index (χ1) is 14.8. The lowest BCUT2D eigenvalue weighted by Crippen LogP contribution is -2.20. The second-order valence-corrected chi connectivity index (χ2v) is 9.22. The molecule has 0 unspecified atom stereocenters. The maximum atomic E-state index is 12.3. The van der Waals surface area contributed by atoms with Gasteiger partial charge in [-0.15, -0.1) is 10.2 Å². The van der Waals surface area contributed by atoms with Gasteiger partial charge >= 0.3 is 0 Å². The number of nitrogens with one attached hydrogen (secondary N) is 1. The Hall–Kier alpha value is -3.26. The van der Waals surface area contributed by atoms with Crippen LogP contribution in [0.25, 0.3) is 15.5 Å². The predicted molar refractivity (Wildman–Crippen MR) is 123 cm³/mol. The molecule has 0 aliphatic heterocycles. The minimum absolute atomic E-state index is 0.0485. The number of hydrogen-bond donors (Lipinski definition) is 1. The lowest BCUT2D eigenvalue weighted by Gasteiger charge is -2.19. The van der Waals surface area contributed by atoms with E-state index in [1.54, 1.807) is 4.52 Å². The smallest absolute Gasteiger partial charge is 0.262 e. The van der Waals surface area contributed by atoms with Gasteiger partial charge in [0.05, 0.1) is 0 Å².